The van der Waals surface area contributed by atoms with Gasteiger partial charge in [-0.05, 0) is 29.3 Å². The first-order valence-electron chi connectivity index (χ1n) is 8.35. The van der Waals surface area contributed by atoms with Crippen LogP contribution in [0.3, 0.4) is 0 Å². The van der Waals surface area contributed by atoms with Gasteiger partial charge in [0.1, 0.15) is 5.03 Å². The van der Waals surface area contributed by atoms with Crippen molar-refractivity contribution >= 4 is 17.7 Å². The number of pyridine rings is 1. The van der Waals surface area contributed by atoms with Crippen LogP contribution in [0.5, 0.6) is 0 Å². The summed E-state index contributed by atoms with van der Waals surface area (Å²) in [6.07, 6.45) is 1.74. The molecule has 8 heteroatoms. The number of rotatable bonds is 5. The van der Waals surface area contributed by atoms with Gasteiger partial charge in [0, 0.05) is 44.7 Å². The van der Waals surface area contributed by atoms with E-state index in [4.69, 9.17) is 11.1 Å². The molecule has 0 unspecified atom stereocenters. The maximum atomic E-state index is 13.3. The number of nitrogens with zero attached hydrogens (tertiary/aromatic N) is 3. The van der Waals surface area contributed by atoms with E-state index in [9.17, 15) is 8.78 Å². The van der Waals surface area contributed by atoms with E-state index in [0.29, 0.717) is 5.75 Å². The van der Waals surface area contributed by atoms with E-state index in [1.165, 1.54) is 17.8 Å². The van der Waals surface area contributed by atoms with Gasteiger partial charge in [-0.15, -0.1) is 11.8 Å². The minimum Gasteiger partial charge on any atom is -0.370 e. The zero-order valence-electron chi connectivity index (χ0n) is 14.3. The van der Waals surface area contributed by atoms with Crippen molar-refractivity contribution in [3.05, 3.63) is 59.3 Å². The van der Waals surface area contributed by atoms with Crippen LogP contribution in [-0.4, -0.2) is 46.9 Å². The van der Waals surface area contributed by atoms with Gasteiger partial charge in [-0.2, -0.15) is 0 Å². The van der Waals surface area contributed by atoms with Crippen molar-refractivity contribution < 1.29 is 8.78 Å². The molecule has 3 rings (SSSR count). The van der Waals surface area contributed by atoms with Gasteiger partial charge in [-0.25, -0.2) is 13.8 Å². The van der Waals surface area contributed by atoms with Crippen LogP contribution in [-0.2, 0) is 12.3 Å². The topological polar surface area (TPSA) is 69.2 Å². The number of halogens is 2. The molecule has 0 atom stereocenters. The van der Waals surface area contributed by atoms with E-state index in [2.05, 4.69) is 9.88 Å². The second-order valence-corrected chi connectivity index (χ2v) is 7.12. The molecule has 0 radical (unpaired) electrons. The van der Waals surface area contributed by atoms with Crippen LogP contribution in [0.2, 0.25) is 0 Å². The first-order valence-corrected chi connectivity index (χ1v) is 9.33. The number of nitrogens with one attached hydrogen (secondary N) is 1. The molecule has 3 N–H and O–H groups in total. The summed E-state index contributed by atoms with van der Waals surface area (Å²) < 4.78 is 26.4. The fourth-order valence-corrected chi connectivity index (χ4v) is 3.78. The Labute approximate surface area is 155 Å². The van der Waals surface area contributed by atoms with Gasteiger partial charge in [0.25, 0.3) is 0 Å². The van der Waals surface area contributed by atoms with Gasteiger partial charge in [0.05, 0.1) is 0 Å². The summed E-state index contributed by atoms with van der Waals surface area (Å²) in [6.45, 7) is 3.92. The Kier molecular flexibility index (Phi) is 6.05. The van der Waals surface area contributed by atoms with Crippen LogP contribution < -0.4 is 5.73 Å². The minimum atomic E-state index is -0.832. The molecule has 2 heterocycles. The average molecular weight is 377 g/mol. The number of thioether (sulfide) groups is 1. The molecule has 0 bridgehead atoms. The Bertz CT molecular complexity index is 778. The first-order chi connectivity index (χ1) is 12.5. The Morgan fingerprint density at radius 1 is 1.15 bits per heavy atom. The second-order valence-electron chi connectivity index (χ2n) is 6.15. The highest BCUT2D eigenvalue weighted by Gasteiger charge is 2.19. The Morgan fingerprint density at radius 2 is 1.92 bits per heavy atom. The molecule has 1 fully saturated rings. The smallest absolute Gasteiger partial charge is 0.188 e. The van der Waals surface area contributed by atoms with Crippen LogP contribution in [0.1, 0.15) is 11.1 Å². The van der Waals surface area contributed by atoms with Crippen LogP contribution >= 0.6 is 11.8 Å². The Hall–Kier alpha value is -2.19. The van der Waals surface area contributed by atoms with Crippen molar-refractivity contribution in [3.63, 3.8) is 0 Å². The molecule has 1 aliphatic heterocycles. The fraction of sp³-hybridized carbons (Fsp3) is 0.333. The van der Waals surface area contributed by atoms with E-state index in [0.717, 1.165) is 54.9 Å². The van der Waals surface area contributed by atoms with Gasteiger partial charge >= 0.3 is 0 Å². The minimum absolute atomic E-state index is 0.119. The third-order valence-electron chi connectivity index (χ3n) is 4.32. The first kappa shape index (κ1) is 18.6. The number of guanidine groups is 1. The van der Waals surface area contributed by atoms with Gasteiger partial charge in [0.15, 0.2) is 17.6 Å². The highest BCUT2D eigenvalue weighted by Crippen LogP contribution is 2.26. The van der Waals surface area contributed by atoms with Crippen molar-refractivity contribution in [2.24, 2.45) is 5.73 Å². The quantitative estimate of drug-likeness (QED) is 0.476. The van der Waals surface area contributed by atoms with E-state index in [1.54, 1.807) is 12.3 Å². The normalized spacial score (nSPS) is 15.2. The van der Waals surface area contributed by atoms with Crippen LogP contribution in [0, 0.1) is 17.0 Å². The lowest BCUT2D eigenvalue weighted by atomic mass is 10.2. The monoisotopic (exact) mass is 377 g/mol. The maximum absolute atomic E-state index is 13.3. The lowest BCUT2D eigenvalue weighted by molar-refractivity contribution is 0.172. The molecule has 0 amide bonds. The summed E-state index contributed by atoms with van der Waals surface area (Å²) in [7, 11) is 0. The molecule has 1 aromatic heterocycles. The van der Waals surface area contributed by atoms with Crippen molar-refractivity contribution in [2.45, 2.75) is 17.3 Å². The summed E-state index contributed by atoms with van der Waals surface area (Å²) in [5.41, 5.74) is 7.36. The molecule has 1 aliphatic rings. The predicted molar refractivity (Wildman–Crippen MR) is 98.9 cm³/mol. The summed E-state index contributed by atoms with van der Waals surface area (Å²) in [5.74, 6) is -1.01. The van der Waals surface area contributed by atoms with Gasteiger partial charge in [-0.3, -0.25) is 10.3 Å². The molecule has 1 aromatic carbocycles. The SMILES string of the molecule is N=C(N)N1CCN(Cc2cccnc2SCc2ccc(F)c(F)c2)CC1. The number of hydrogen-bond donors (Lipinski definition) is 2. The number of piperazine rings is 1. The summed E-state index contributed by atoms with van der Waals surface area (Å²) in [4.78, 5) is 8.61. The molecule has 0 saturated carbocycles. The van der Waals surface area contributed by atoms with Crippen LogP contribution in [0.15, 0.2) is 41.6 Å². The maximum Gasteiger partial charge on any atom is 0.188 e. The molecule has 138 valence electrons. The molecule has 5 nitrogen and oxygen atoms in total. The molecule has 2 aromatic rings. The van der Waals surface area contributed by atoms with E-state index < -0.39 is 11.6 Å². The van der Waals surface area contributed by atoms with Crippen molar-refractivity contribution in [1.29, 1.82) is 5.41 Å². The lowest BCUT2D eigenvalue weighted by Gasteiger charge is -2.35. The van der Waals surface area contributed by atoms with Crippen molar-refractivity contribution in [3.8, 4) is 0 Å². The lowest BCUT2D eigenvalue weighted by Crippen LogP contribution is -2.50. The number of nitrogens with two attached hydrogens (primary N) is 1. The van der Waals surface area contributed by atoms with Gasteiger partial charge in [0.2, 0.25) is 0 Å². The van der Waals surface area contributed by atoms with Gasteiger partial charge < -0.3 is 10.6 Å². The van der Waals surface area contributed by atoms with E-state index >= 15 is 0 Å². The predicted octanol–water partition coefficient (Wildman–Crippen LogP) is 2.66. The largest absolute Gasteiger partial charge is 0.370 e. The van der Waals surface area contributed by atoms with Gasteiger partial charge in [-0.1, -0.05) is 12.1 Å². The van der Waals surface area contributed by atoms with Crippen LogP contribution in [0.25, 0.3) is 0 Å². The number of benzene rings is 1. The Morgan fingerprint density at radius 3 is 2.62 bits per heavy atom. The van der Waals surface area contributed by atoms with E-state index in [-0.39, 0.29) is 5.96 Å². The fourth-order valence-electron chi connectivity index (χ4n) is 2.84. The summed E-state index contributed by atoms with van der Waals surface area (Å²) in [6, 6.07) is 7.92. The highest BCUT2D eigenvalue weighted by atomic mass is 32.2. The third-order valence-corrected chi connectivity index (χ3v) is 5.44. The van der Waals surface area contributed by atoms with Crippen molar-refractivity contribution in [2.75, 3.05) is 26.2 Å². The molecule has 0 aliphatic carbocycles. The zero-order chi connectivity index (χ0) is 18.5. The average Bonchev–Trinajstić information content (AvgIpc) is 2.64. The molecule has 26 heavy (non-hydrogen) atoms. The number of aromatic nitrogens is 1. The Balaban J connectivity index is 1.61. The van der Waals surface area contributed by atoms with Crippen molar-refractivity contribution in [1.82, 2.24) is 14.8 Å². The second kappa shape index (κ2) is 8.46. The standard InChI is InChI=1S/C18H21F2N5S/c19-15-4-3-13(10-16(15)20)12-26-17-14(2-1-5-23-17)11-24-6-8-25(9-7-24)18(21)22/h1-5,10H,6-9,11-12H2,(H3,21,22). The highest BCUT2D eigenvalue weighted by molar-refractivity contribution is 7.98. The molecular weight excluding hydrogens is 356 g/mol. The van der Waals surface area contributed by atoms with Crippen LogP contribution in [0.4, 0.5) is 8.78 Å². The number of hydrogen-bond acceptors (Lipinski definition) is 4. The summed E-state index contributed by atoms with van der Waals surface area (Å²) >= 11 is 1.52. The summed E-state index contributed by atoms with van der Waals surface area (Å²) in [5, 5.41) is 8.39. The molecule has 0 spiro atoms. The zero-order valence-corrected chi connectivity index (χ0v) is 15.1. The molecular formula is C18H21F2N5S. The van der Waals surface area contributed by atoms with E-state index in [1.807, 2.05) is 17.0 Å². The third kappa shape index (κ3) is 4.70. The molecule has 1 saturated heterocycles.